The minimum Gasteiger partial charge on any atom is -0.372 e. The minimum atomic E-state index is 0.996. The van der Waals surface area contributed by atoms with Crippen molar-refractivity contribution in [3.05, 3.63) is 138 Å². The van der Waals surface area contributed by atoms with E-state index in [9.17, 15) is 0 Å². The smallest absolute Gasteiger partial charge is 0.0366 e. The number of nitrogens with zero attached hydrogens (tertiary/aromatic N) is 2. The summed E-state index contributed by atoms with van der Waals surface area (Å²) in [6.45, 7) is 16.8. The Hall–Kier alpha value is -4.04. The maximum Gasteiger partial charge on any atom is 0.0366 e. The number of hydrogen-bond acceptors (Lipinski definition) is 2. The zero-order valence-corrected chi connectivity index (χ0v) is 23.3. The molecule has 0 saturated heterocycles. The summed E-state index contributed by atoms with van der Waals surface area (Å²) < 4.78 is 0. The maximum atomic E-state index is 3.95. The largest absolute Gasteiger partial charge is 0.372 e. The first-order valence-corrected chi connectivity index (χ1v) is 13.9. The third-order valence-electron chi connectivity index (χ3n) is 7.32. The zero-order chi connectivity index (χ0) is 26.9. The molecule has 194 valence electrons. The lowest BCUT2D eigenvalue weighted by Gasteiger charge is -2.23. The number of hydrogen-bond donors (Lipinski definition) is 0. The van der Waals surface area contributed by atoms with Crippen LogP contribution in [0.25, 0.3) is 17.2 Å². The lowest BCUT2D eigenvalue weighted by Crippen LogP contribution is -2.21. The molecule has 0 aliphatic carbocycles. The molecule has 0 aliphatic rings. The van der Waals surface area contributed by atoms with Gasteiger partial charge in [0, 0.05) is 37.6 Å². The van der Waals surface area contributed by atoms with Gasteiger partial charge in [-0.25, -0.2) is 0 Å². The van der Waals surface area contributed by atoms with Crippen LogP contribution in [0.2, 0.25) is 0 Å². The number of benzene rings is 4. The van der Waals surface area contributed by atoms with Crippen molar-refractivity contribution in [3.8, 4) is 0 Å². The van der Waals surface area contributed by atoms with Crippen molar-refractivity contribution in [3.63, 3.8) is 0 Å². The van der Waals surface area contributed by atoms with Crippen LogP contribution >= 0.6 is 0 Å². The van der Waals surface area contributed by atoms with Gasteiger partial charge in [0.2, 0.25) is 0 Å². The highest BCUT2D eigenvalue weighted by Crippen LogP contribution is 2.38. The predicted molar refractivity (Wildman–Crippen MR) is 168 cm³/mol. The fraction of sp³-hybridized carbons (Fsp3) is 0.222. The van der Waals surface area contributed by atoms with E-state index in [0.29, 0.717) is 0 Å². The lowest BCUT2D eigenvalue weighted by molar-refractivity contribution is 0.866. The van der Waals surface area contributed by atoms with Gasteiger partial charge in [-0.3, -0.25) is 0 Å². The molecule has 2 nitrogen and oxygen atoms in total. The van der Waals surface area contributed by atoms with E-state index in [-0.39, 0.29) is 0 Å². The van der Waals surface area contributed by atoms with Crippen molar-refractivity contribution in [2.75, 3.05) is 36.0 Å². The monoisotopic (exact) mass is 500 g/mol. The predicted octanol–water partition coefficient (Wildman–Crippen LogP) is 9.03. The molecule has 2 heteroatoms. The first-order valence-electron chi connectivity index (χ1n) is 13.9. The molecule has 0 aliphatic heterocycles. The topological polar surface area (TPSA) is 6.48 Å². The van der Waals surface area contributed by atoms with E-state index in [1.165, 1.54) is 44.8 Å². The molecule has 4 aromatic carbocycles. The van der Waals surface area contributed by atoms with Crippen LogP contribution in [0.5, 0.6) is 0 Å². The third-order valence-corrected chi connectivity index (χ3v) is 7.32. The summed E-state index contributed by atoms with van der Waals surface area (Å²) in [5.74, 6) is 0. The Morgan fingerprint density at radius 2 is 0.842 bits per heavy atom. The first-order chi connectivity index (χ1) is 18.6. The van der Waals surface area contributed by atoms with Gasteiger partial charge in [-0.2, -0.15) is 0 Å². The second kappa shape index (κ2) is 13.0. The van der Waals surface area contributed by atoms with Crippen molar-refractivity contribution in [2.24, 2.45) is 0 Å². The summed E-state index contributed by atoms with van der Waals surface area (Å²) in [4.78, 5) is 4.77. The van der Waals surface area contributed by atoms with Gasteiger partial charge in [-0.15, -0.1) is 0 Å². The average molecular weight is 501 g/mol. The maximum absolute atomic E-state index is 3.95. The van der Waals surface area contributed by atoms with Gasteiger partial charge in [0.1, 0.15) is 0 Å². The van der Waals surface area contributed by atoms with E-state index in [4.69, 9.17) is 0 Å². The Morgan fingerprint density at radius 1 is 0.500 bits per heavy atom. The van der Waals surface area contributed by atoms with Gasteiger partial charge >= 0.3 is 0 Å². The van der Waals surface area contributed by atoms with E-state index in [1.807, 2.05) is 6.08 Å². The van der Waals surface area contributed by atoms with Gasteiger partial charge in [-0.1, -0.05) is 91.5 Å². The Kier molecular flexibility index (Phi) is 9.21. The Balaban J connectivity index is 1.98. The van der Waals surface area contributed by atoms with Gasteiger partial charge in [0.15, 0.2) is 0 Å². The van der Waals surface area contributed by atoms with Crippen molar-refractivity contribution >= 4 is 28.6 Å². The van der Waals surface area contributed by atoms with Crippen LogP contribution in [-0.4, -0.2) is 26.2 Å². The third kappa shape index (κ3) is 5.92. The molecule has 0 fully saturated rings. The van der Waals surface area contributed by atoms with Crippen LogP contribution in [0.1, 0.15) is 55.5 Å². The van der Waals surface area contributed by atoms with Crippen LogP contribution in [0.15, 0.2) is 110 Å². The summed E-state index contributed by atoms with van der Waals surface area (Å²) in [6, 6.07) is 37.6. The van der Waals surface area contributed by atoms with E-state index in [2.05, 4.69) is 147 Å². The molecular weight excluding hydrogens is 460 g/mol. The second-order valence-electron chi connectivity index (χ2n) is 9.38. The molecule has 0 atom stereocenters. The van der Waals surface area contributed by atoms with Gasteiger partial charge in [0.05, 0.1) is 0 Å². The molecule has 0 aromatic heterocycles. The van der Waals surface area contributed by atoms with Crippen molar-refractivity contribution in [1.29, 1.82) is 0 Å². The zero-order valence-electron chi connectivity index (χ0n) is 23.3. The quantitative estimate of drug-likeness (QED) is 0.190. The summed E-state index contributed by atoms with van der Waals surface area (Å²) >= 11 is 0. The highest BCUT2D eigenvalue weighted by molar-refractivity contribution is 6.04. The number of anilines is 2. The Morgan fingerprint density at radius 3 is 1.18 bits per heavy atom. The first kappa shape index (κ1) is 27.0. The molecule has 0 spiro atoms. The lowest BCUT2D eigenvalue weighted by atomic mass is 9.85. The molecule has 0 saturated carbocycles. The van der Waals surface area contributed by atoms with Crippen molar-refractivity contribution < 1.29 is 0 Å². The van der Waals surface area contributed by atoms with Crippen LogP contribution in [0, 0.1) is 0 Å². The van der Waals surface area contributed by atoms with Crippen LogP contribution < -0.4 is 9.80 Å². The van der Waals surface area contributed by atoms with E-state index >= 15 is 0 Å². The Labute approximate surface area is 229 Å². The SMILES string of the molecule is C=Cc1ccc(C(=C(c2ccc(N(CC)CC)cc2)c2ccc(N(CC)CC)cc2)c2ccccc2)cc1. The Bertz CT molecular complexity index is 1270. The molecular formula is C36H40N2. The van der Waals surface area contributed by atoms with Gasteiger partial charge in [0.25, 0.3) is 0 Å². The summed E-state index contributed by atoms with van der Waals surface area (Å²) in [6.07, 6.45) is 1.90. The molecule has 0 amide bonds. The van der Waals surface area contributed by atoms with Crippen LogP contribution in [0.4, 0.5) is 11.4 Å². The van der Waals surface area contributed by atoms with Crippen molar-refractivity contribution in [1.82, 2.24) is 0 Å². The van der Waals surface area contributed by atoms with E-state index in [1.54, 1.807) is 0 Å². The number of rotatable bonds is 11. The standard InChI is InChI=1S/C36H40N2/c1-6-28-16-18-30(19-17-28)35(29-14-12-11-13-15-29)36(31-20-24-33(25-21-31)37(7-2)8-3)32-22-26-34(27-23-32)38(9-4)10-5/h6,11-27H,1,7-10H2,2-5H3. The molecule has 0 heterocycles. The van der Waals surface area contributed by atoms with Crippen LogP contribution in [0.3, 0.4) is 0 Å². The summed E-state index contributed by atoms with van der Waals surface area (Å²) in [7, 11) is 0. The molecule has 0 radical (unpaired) electrons. The molecule has 0 unspecified atom stereocenters. The summed E-state index contributed by atoms with van der Waals surface area (Å²) in [5, 5.41) is 0. The van der Waals surface area contributed by atoms with E-state index < -0.39 is 0 Å². The minimum absolute atomic E-state index is 0.996. The highest BCUT2D eigenvalue weighted by atomic mass is 15.1. The molecule has 38 heavy (non-hydrogen) atoms. The fourth-order valence-electron chi connectivity index (χ4n) is 5.16. The average Bonchev–Trinajstić information content (AvgIpc) is 2.99. The summed E-state index contributed by atoms with van der Waals surface area (Å²) in [5.41, 5.74) is 10.9. The van der Waals surface area contributed by atoms with Gasteiger partial charge in [-0.05, 0) is 90.9 Å². The van der Waals surface area contributed by atoms with E-state index in [0.717, 1.165) is 31.7 Å². The molecule has 0 bridgehead atoms. The second-order valence-corrected chi connectivity index (χ2v) is 9.38. The normalized spacial score (nSPS) is 10.6. The molecule has 4 rings (SSSR count). The molecule has 4 aromatic rings. The van der Waals surface area contributed by atoms with Gasteiger partial charge < -0.3 is 9.80 Å². The van der Waals surface area contributed by atoms with Crippen LogP contribution in [-0.2, 0) is 0 Å². The van der Waals surface area contributed by atoms with Crippen molar-refractivity contribution in [2.45, 2.75) is 27.7 Å². The highest BCUT2D eigenvalue weighted by Gasteiger charge is 2.17. The molecule has 0 N–H and O–H groups in total. The fourth-order valence-corrected chi connectivity index (χ4v) is 5.16.